The number of nitrogens with zero attached hydrogens (tertiary/aromatic N) is 3. The molecule has 0 saturated heterocycles. The molecule has 0 spiro atoms. The van der Waals surface area contributed by atoms with E-state index in [0.717, 1.165) is 21.2 Å². The van der Waals surface area contributed by atoms with E-state index in [1.54, 1.807) is 18.0 Å². The predicted octanol–water partition coefficient (Wildman–Crippen LogP) is 5.06. The van der Waals surface area contributed by atoms with Crippen LogP contribution in [0.15, 0.2) is 59.1 Å². The molecule has 29 heavy (non-hydrogen) atoms. The zero-order chi connectivity index (χ0) is 20.5. The highest BCUT2D eigenvalue weighted by atomic mass is 79.9. The van der Waals surface area contributed by atoms with E-state index in [2.05, 4.69) is 31.4 Å². The van der Waals surface area contributed by atoms with Crippen molar-refractivity contribution in [2.75, 3.05) is 12.4 Å². The van der Waals surface area contributed by atoms with Gasteiger partial charge in [-0.2, -0.15) is 4.80 Å². The van der Waals surface area contributed by atoms with Gasteiger partial charge in [0.1, 0.15) is 16.8 Å². The number of rotatable bonds is 4. The topological polar surface area (TPSA) is 69.0 Å². The lowest BCUT2D eigenvalue weighted by atomic mass is 10.1. The average Bonchev–Trinajstić information content (AvgIpc) is 3.11. The standard InChI is InChI=1S/C22H19BrN4O2/c1-13-4-7-17(8-5-13)27-25-19-9-6-16(12-20(19)26-27)24-22(28)18-11-15(23)10-14(2)21(18)29-3/h4-12H,1-3H3,(H,24,28). The van der Waals surface area contributed by atoms with Gasteiger partial charge in [0.2, 0.25) is 0 Å². The largest absolute Gasteiger partial charge is 0.496 e. The molecular weight excluding hydrogens is 432 g/mol. The Hall–Kier alpha value is -3.19. The maximum atomic E-state index is 12.8. The third-order valence-electron chi connectivity index (χ3n) is 4.59. The lowest BCUT2D eigenvalue weighted by Gasteiger charge is -2.12. The lowest BCUT2D eigenvalue weighted by Crippen LogP contribution is -2.13. The van der Waals surface area contributed by atoms with Crippen molar-refractivity contribution in [3.63, 3.8) is 0 Å². The van der Waals surface area contributed by atoms with Gasteiger partial charge in [-0.1, -0.05) is 33.6 Å². The molecule has 1 N–H and O–H groups in total. The Balaban J connectivity index is 1.64. The number of hydrogen-bond acceptors (Lipinski definition) is 4. The van der Waals surface area contributed by atoms with Crippen LogP contribution in [0.3, 0.4) is 0 Å². The van der Waals surface area contributed by atoms with Crippen molar-refractivity contribution < 1.29 is 9.53 Å². The Bertz CT molecular complexity index is 1220. The summed E-state index contributed by atoms with van der Waals surface area (Å²) < 4.78 is 6.23. The highest BCUT2D eigenvalue weighted by Crippen LogP contribution is 2.29. The Kier molecular flexibility index (Phi) is 5.07. The molecule has 0 saturated carbocycles. The SMILES string of the molecule is COc1c(C)cc(Br)cc1C(=O)Nc1ccc2nn(-c3ccc(C)cc3)nc2c1. The number of fused-ring (bicyclic) bond motifs is 1. The van der Waals surface area contributed by atoms with Crippen LogP contribution < -0.4 is 10.1 Å². The predicted molar refractivity (Wildman–Crippen MR) is 117 cm³/mol. The molecule has 0 radical (unpaired) electrons. The van der Waals surface area contributed by atoms with Gasteiger partial charge in [-0.05, 0) is 61.9 Å². The van der Waals surface area contributed by atoms with Gasteiger partial charge >= 0.3 is 0 Å². The second kappa shape index (κ2) is 7.67. The maximum absolute atomic E-state index is 12.8. The van der Waals surface area contributed by atoms with Gasteiger partial charge in [0.05, 0.1) is 18.4 Å². The first kappa shape index (κ1) is 19.1. The van der Waals surface area contributed by atoms with Crippen LogP contribution in [0.2, 0.25) is 0 Å². The quantitative estimate of drug-likeness (QED) is 0.471. The molecule has 3 aromatic carbocycles. The highest BCUT2D eigenvalue weighted by molar-refractivity contribution is 9.10. The van der Waals surface area contributed by atoms with Gasteiger partial charge in [0, 0.05) is 10.2 Å². The number of carbonyl (C=O) groups excluding carboxylic acids is 1. The molecule has 4 rings (SSSR count). The van der Waals surface area contributed by atoms with Crippen LogP contribution in [0.4, 0.5) is 5.69 Å². The summed E-state index contributed by atoms with van der Waals surface area (Å²) in [6.07, 6.45) is 0. The van der Waals surface area contributed by atoms with Crippen LogP contribution in [0.1, 0.15) is 21.5 Å². The van der Waals surface area contributed by atoms with E-state index < -0.39 is 0 Å². The molecule has 7 heteroatoms. The van der Waals surface area contributed by atoms with Gasteiger partial charge in [-0.3, -0.25) is 4.79 Å². The Morgan fingerprint density at radius 2 is 1.72 bits per heavy atom. The van der Waals surface area contributed by atoms with Crippen molar-refractivity contribution in [2.45, 2.75) is 13.8 Å². The fourth-order valence-corrected chi connectivity index (χ4v) is 3.73. The smallest absolute Gasteiger partial charge is 0.259 e. The van der Waals surface area contributed by atoms with E-state index >= 15 is 0 Å². The third kappa shape index (κ3) is 3.86. The molecule has 1 heterocycles. The number of anilines is 1. The number of hydrogen-bond donors (Lipinski definition) is 1. The van der Waals surface area contributed by atoms with Crippen molar-refractivity contribution in [1.82, 2.24) is 15.0 Å². The maximum Gasteiger partial charge on any atom is 0.259 e. The molecule has 0 fully saturated rings. The summed E-state index contributed by atoms with van der Waals surface area (Å²) in [6, 6.07) is 17.1. The van der Waals surface area contributed by atoms with E-state index in [9.17, 15) is 4.79 Å². The van der Waals surface area contributed by atoms with Gasteiger partial charge in [0.25, 0.3) is 5.91 Å². The summed E-state index contributed by atoms with van der Waals surface area (Å²) in [5, 5.41) is 12.0. The number of halogens is 1. The second-order valence-corrected chi connectivity index (χ2v) is 7.70. The Morgan fingerprint density at radius 1 is 1.00 bits per heavy atom. The van der Waals surface area contributed by atoms with E-state index in [0.29, 0.717) is 22.5 Å². The summed E-state index contributed by atoms with van der Waals surface area (Å²) in [6.45, 7) is 3.93. The van der Waals surface area contributed by atoms with Gasteiger partial charge in [-0.25, -0.2) is 0 Å². The minimum absolute atomic E-state index is 0.253. The van der Waals surface area contributed by atoms with Crippen LogP contribution in [0.25, 0.3) is 16.7 Å². The molecule has 0 unspecified atom stereocenters. The summed E-state index contributed by atoms with van der Waals surface area (Å²) in [4.78, 5) is 14.4. The third-order valence-corrected chi connectivity index (χ3v) is 5.05. The number of amides is 1. The number of nitrogens with one attached hydrogen (secondary N) is 1. The Morgan fingerprint density at radius 3 is 2.45 bits per heavy atom. The zero-order valence-electron chi connectivity index (χ0n) is 16.2. The van der Waals surface area contributed by atoms with Crippen molar-refractivity contribution >= 4 is 38.6 Å². The molecule has 0 aliphatic carbocycles. The summed E-state index contributed by atoms with van der Waals surface area (Å²) in [5.74, 6) is 0.300. The number of benzene rings is 3. The summed E-state index contributed by atoms with van der Waals surface area (Å²) >= 11 is 3.44. The lowest BCUT2D eigenvalue weighted by molar-refractivity contribution is 0.102. The fourth-order valence-electron chi connectivity index (χ4n) is 3.15. The molecule has 1 aromatic heterocycles. The monoisotopic (exact) mass is 450 g/mol. The van der Waals surface area contributed by atoms with Gasteiger partial charge in [-0.15, -0.1) is 10.2 Å². The zero-order valence-corrected chi connectivity index (χ0v) is 17.8. The first-order valence-electron chi connectivity index (χ1n) is 9.04. The van der Waals surface area contributed by atoms with Crippen molar-refractivity contribution in [3.8, 4) is 11.4 Å². The van der Waals surface area contributed by atoms with Gasteiger partial charge in [0.15, 0.2) is 0 Å². The van der Waals surface area contributed by atoms with E-state index in [1.807, 2.05) is 62.4 Å². The van der Waals surface area contributed by atoms with Crippen molar-refractivity contribution in [3.05, 3.63) is 75.8 Å². The molecule has 4 aromatic rings. The molecule has 0 bridgehead atoms. The first-order chi connectivity index (χ1) is 13.9. The molecule has 0 aliphatic rings. The normalized spacial score (nSPS) is 10.9. The van der Waals surface area contributed by atoms with Crippen molar-refractivity contribution in [1.29, 1.82) is 0 Å². The second-order valence-electron chi connectivity index (χ2n) is 6.79. The van der Waals surface area contributed by atoms with Crippen LogP contribution in [-0.4, -0.2) is 28.0 Å². The average molecular weight is 451 g/mol. The molecular formula is C22H19BrN4O2. The van der Waals surface area contributed by atoms with E-state index in [1.165, 1.54) is 5.56 Å². The number of aryl methyl sites for hydroxylation is 2. The highest BCUT2D eigenvalue weighted by Gasteiger charge is 2.16. The minimum Gasteiger partial charge on any atom is -0.496 e. The van der Waals surface area contributed by atoms with Crippen LogP contribution in [0, 0.1) is 13.8 Å². The van der Waals surface area contributed by atoms with E-state index in [-0.39, 0.29) is 5.91 Å². The van der Waals surface area contributed by atoms with Crippen LogP contribution in [0.5, 0.6) is 5.75 Å². The number of ether oxygens (including phenoxy) is 1. The molecule has 146 valence electrons. The molecule has 1 amide bonds. The number of carbonyl (C=O) groups is 1. The first-order valence-corrected chi connectivity index (χ1v) is 9.83. The summed E-state index contributed by atoms with van der Waals surface area (Å²) in [5.41, 5.74) is 5.48. The molecule has 0 aliphatic heterocycles. The van der Waals surface area contributed by atoms with Gasteiger partial charge < -0.3 is 10.1 Å². The van der Waals surface area contributed by atoms with E-state index in [4.69, 9.17) is 4.74 Å². The molecule has 6 nitrogen and oxygen atoms in total. The summed E-state index contributed by atoms with van der Waals surface area (Å²) in [7, 11) is 1.56. The van der Waals surface area contributed by atoms with Crippen molar-refractivity contribution in [2.24, 2.45) is 0 Å². The fraction of sp³-hybridized carbons (Fsp3) is 0.136. The number of methoxy groups -OCH3 is 1. The Labute approximate surface area is 176 Å². The minimum atomic E-state index is -0.253. The van der Waals surface area contributed by atoms with Crippen LogP contribution in [-0.2, 0) is 0 Å². The van der Waals surface area contributed by atoms with Crippen LogP contribution >= 0.6 is 15.9 Å². The number of aromatic nitrogens is 3. The molecule has 0 atom stereocenters.